The molecule has 1 amide bonds. The minimum atomic E-state index is -3.87. The highest BCUT2D eigenvalue weighted by Gasteiger charge is 2.29. The lowest BCUT2D eigenvalue weighted by atomic mass is 10.1. The molecule has 1 fully saturated rings. The summed E-state index contributed by atoms with van der Waals surface area (Å²) in [6.45, 7) is 3.01. The number of carbonyl (C=O) groups is 1. The van der Waals surface area contributed by atoms with Crippen LogP contribution >= 0.6 is 0 Å². The molecule has 2 heterocycles. The Kier molecular flexibility index (Phi) is 6.82. The summed E-state index contributed by atoms with van der Waals surface area (Å²) in [4.78, 5) is 28.1. The second-order valence-corrected chi connectivity index (χ2v) is 9.73. The molecular weight excluding hydrogens is 458 g/mol. The van der Waals surface area contributed by atoms with Gasteiger partial charge in [0.05, 0.1) is 20.3 Å². The molecule has 4 rings (SSSR count). The second kappa shape index (κ2) is 9.80. The molecule has 2 aromatic carbocycles. The third-order valence-corrected chi connectivity index (χ3v) is 7.41. The number of ether oxygens (including phenoxy) is 2. The molecule has 9 nitrogen and oxygen atoms in total. The van der Waals surface area contributed by atoms with Gasteiger partial charge in [-0.15, -0.1) is 0 Å². The summed E-state index contributed by atoms with van der Waals surface area (Å²) in [6.07, 6.45) is 0. The smallest absolute Gasteiger partial charge is 0.261 e. The molecule has 0 aliphatic carbocycles. The topological polar surface area (TPSA) is 118 Å². The van der Waals surface area contributed by atoms with Crippen LogP contribution in [-0.2, 0) is 14.8 Å². The van der Waals surface area contributed by atoms with E-state index in [1.807, 2.05) is 31.2 Å². The molecule has 1 saturated heterocycles. The largest absolute Gasteiger partial charge is 0.495 e. The molecule has 0 atom stereocenters. The molecule has 3 aromatic rings. The highest BCUT2D eigenvalue weighted by atomic mass is 32.2. The molecule has 0 saturated carbocycles. The van der Waals surface area contributed by atoms with Crippen LogP contribution in [0.1, 0.15) is 15.9 Å². The Morgan fingerprint density at radius 2 is 1.85 bits per heavy atom. The van der Waals surface area contributed by atoms with E-state index in [0.717, 1.165) is 11.1 Å². The number of H-pyrrole nitrogens is 1. The van der Waals surface area contributed by atoms with Crippen molar-refractivity contribution in [2.75, 3.05) is 38.7 Å². The molecule has 34 heavy (non-hydrogen) atoms. The average Bonchev–Trinajstić information content (AvgIpc) is 2.84. The summed E-state index contributed by atoms with van der Waals surface area (Å²) in [5.74, 6) is -0.498. The van der Waals surface area contributed by atoms with E-state index >= 15 is 0 Å². The fourth-order valence-corrected chi connectivity index (χ4v) is 5.30. The molecule has 0 spiro atoms. The number of methoxy groups -OCH3 is 1. The Labute approximate surface area is 197 Å². The maximum Gasteiger partial charge on any atom is 0.261 e. The van der Waals surface area contributed by atoms with Gasteiger partial charge in [0.25, 0.3) is 11.5 Å². The fraction of sp³-hybridized carbons (Fsp3) is 0.250. The number of morpholine rings is 1. The Bertz CT molecular complexity index is 1380. The predicted molar refractivity (Wildman–Crippen MR) is 128 cm³/mol. The number of hydrogen-bond donors (Lipinski definition) is 2. The number of pyridine rings is 1. The summed E-state index contributed by atoms with van der Waals surface area (Å²) in [6, 6.07) is 15.1. The van der Waals surface area contributed by atoms with Gasteiger partial charge in [-0.05, 0) is 48.9 Å². The van der Waals surface area contributed by atoms with Gasteiger partial charge in [0.1, 0.15) is 16.2 Å². The van der Waals surface area contributed by atoms with Crippen LogP contribution in [0.2, 0.25) is 0 Å². The highest BCUT2D eigenvalue weighted by Crippen LogP contribution is 2.30. The number of hydrogen-bond acceptors (Lipinski definition) is 6. The van der Waals surface area contributed by atoms with Crippen LogP contribution in [0.25, 0.3) is 11.3 Å². The molecule has 0 unspecified atom stereocenters. The van der Waals surface area contributed by atoms with Gasteiger partial charge in [-0.2, -0.15) is 4.31 Å². The van der Waals surface area contributed by atoms with Gasteiger partial charge >= 0.3 is 0 Å². The SMILES string of the molecule is COc1ccc(NC(=O)c2ccc(-c3cccc(C)c3)[nH]c2=O)cc1S(=O)(=O)N1CCOCC1. The molecular formula is C24H25N3O6S. The number of benzene rings is 2. The zero-order valence-corrected chi connectivity index (χ0v) is 19.6. The lowest BCUT2D eigenvalue weighted by Gasteiger charge is -2.26. The van der Waals surface area contributed by atoms with Crippen molar-refractivity contribution in [2.45, 2.75) is 11.8 Å². The Morgan fingerprint density at radius 1 is 1.09 bits per heavy atom. The van der Waals surface area contributed by atoms with Crippen LogP contribution in [0.4, 0.5) is 5.69 Å². The van der Waals surface area contributed by atoms with Gasteiger partial charge in [0, 0.05) is 24.5 Å². The lowest BCUT2D eigenvalue weighted by Crippen LogP contribution is -2.40. The van der Waals surface area contributed by atoms with E-state index in [1.54, 1.807) is 6.07 Å². The first kappa shape index (κ1) is 23.7. The van der Waals surface area contributed by atoms with Crippen molar-refractivity contribution in [3.05, 3.63) is 76.1 Å². The van der Waals surface area contributed by atoms with E-state index in [4.69, 9.17) is 9.47 Å². The van der Waals surface area contributed by atoms with E-state index in [9.17, 15) is 18.0 Å². The standard InChI is InChI=1S/C24H25N3O6S/c1-16-4-3-5-17(14-16)20-8-7-19(24(29)26-20)23(28)25-18-6-9-21(32-2)22(15-18)34(30,31)27-10-12-33-13-11-27/h3-9,14-15H,10-13H2,1-2H3,(H,25,28)(H,26,29). The van der Waals surface area contributed by atoms with E-state index in [0.29, 0.717) is 18.9 Å². The average molecular weight is 484 g/mol. The van der Waals surface area contributed by atoms with Crippen molar-refractivity contribution in [3.8, 4) is 17.0 Å². The molecule has 2 N–H and O–H groups in total. The second-order valence-electron chi connectivity index (χ2n) is 7.82. The van der Waals surface area contributed by atoms with Crippen LogP contribution in [0.15, 0.2) is 64.3 Å². The van der Waals surface area contributed by atoms with Crippen LogP contribution in [0, 0.1) is 6.92 Å². The predicted octanol–water partition coefficient (Wildman–Crippen LogP) is 2.63. The number of rotatable bonds is 6. The van der Waals surface area contributed by atoms with E-state index < -0.39 is 21.5 Å². The van der Waals surface area contributed by atoms with Crippen molar-refractivity contribution < 1.29 is 22.7 Å². The summed E-state index contributed by atoms with van der Waals surface area (Å²) < 4.78 is 38.1. The first-order valence-corrected chi connectivity index (χ1v) is 12.1. The third-order valence-electron chi connectivity index (χ3n) is 5.49. The number of amides is 1. The van der Waals surface area contributed by atoms with Gasteiger partial charge in [0.2, 0.25) is 10.0 Å². The minimum Gasteiger partial charge on any atom is -0.495 e. The normalized spacial score (nSPS) is 14.5. The molecule has 178 valence electrons. The Balaban J connectivity index is 1.60. The van der Waals surface area contributed by atoms with Gasteiger partial charge in [-0.25, -0.2) is 8.42 Å². The summed E-state index contributed by atoms with van der Waals surface area (Å²) in [5.41, 5.74) is 2.05. The van der Waals surface area contributed by atoms with Crippen LogP contribution in [0.3, 0.4) is 0 Å². The third kappa shape index (κ3) is 4.89. The quantitative estimate of drug-likeness (QED) is 0.557. The van der Waals surface area contributed by atoms with Crippen molar-refractivity contribution in [1.29, 1.82) is 0 Å². The van der Waals surface area contributed by atoms with Crippen molar-refractivity contribution in [2.24, 2.45) is 0 Å². The van der Waals surface area contributed by atoms with Crippen molar-refractivity contribution in [3.63, 3.8) is 0 Å². The van der Waals surface area contributed by atoms with E-state index in [2.05, 4.69) is 10.3 Å². The number of aromatic amines is 1. The number of carbonyl (C=O) groups excluding carboxylic acids is 1. The van der Waals surface area contributed by atoms with Crippen LogP contribution < -0.4 is 15.6 Å². The Hall–Kier alpha value is -3.47. The number of sulfonamides is 1. The minimum absolute atomic E-state index is 0.0709. The summed E-state index contributed by atoms with van der Waals surface area (Å²) in [7, 11) is -2.49. The van der Waals surface area contributed by atoms with Crippen LogP contribution in [0.5, 0.6) is 5.75 Å². The van der Waals surface area contributed by atoms with Crippen molar-refractivity contribution in [1.82, 2.24) is 9.29 Å². The number of nitrogens with one attached hydrogen (secondary N) is 2. The highest BCUT2D eigenvalue weighted by molar-refractivity contribution is 7.89. The van der Waals surface area contributed by atoms with Gasteiger partial charge < -0.3 is 19.8 Å². The van der Waals surface area contributed by atoms with E-state index in [1.165, 1.54) is 35.7 Å². The maximum absolute atomic E-state index is 13.1. The van der Waals surface area contributed by atoms with E-state index in [-0.39, 0.29) is 35.0 Å². The monoisotopic (exact) mass is 483 g/mol. The summed E-state index contributed by atoms with van der Waals surface area (Å²) in [5, 5.41) is 2.61. The molecule has 1 aliphatic heterocycles. The fourth-order valence-electron chi connectivity index (χ4n) is 3.71. The summed E-state index contributed by atoms with van der Waals surface area (Å²) >= 11 is 0. The molecule has 1 aliphatic rings. The molecule has 0 radical (unpaired) electrons. The van der Waals surface area contributed by atoms with Gasteiger partial charge in [-0.3, -0.25) is 9.59 Å². The van der Waals surface area contributed by atoms with Gasteiger partial charge in [0.15, 0.2) is 0 Å². The molecule has 0 bridgehead atoms. The zero-order valence-electron chi connectivity index (χ0n) is 18.8. The lowest BCUT2D eigenvalue weighted by molar-refractivity contribution is 0.0729. The number of nitrogens with zero attached hydrogens (tertiary/aromatic N) is 1. The number of anilines is 1. The zero-order chi connectivity index (χ0) is 24.3. The molecule has 10 heteroatoms. The van der Waals surface area contributed by atoms with Crippen LogP contribution in [-0.4, -0.2) is 57.0 Å². The first-order valence-electron chi connectivity index (χ1n) is 10.7. The maximum atomic E-state index is 13.1. The van der Waals surface area contributed by atoms with Crippen molar-refractivity contribution >= 4 is 21.6 Å². The number of aryl methyl sites for hydroxylation is 1. The first-order chi connectivity index (χ1) is 16.3. The Morgan fingerprint density at radius 3 is 2.53 bits per heavy atom. The number of aromatic nitrogens is 1. The van der Waals surface area contributed by atoms with Gasteiger partial charge in [-0.1, -0.05) is 23.8 Å². The molecule has 1 aromatic heterocycles.